The highest BCUT2D eigenvalue weighted by Crippen LogP contribution is 2.20. The summed E-state index contributed by atoms with van der Waals surface area (Å²) < 4.78 is 31.5. The predicted molar refractivity (Wildman–Crippen MR) is 75.9 cm³/mol. The maximum atomic E-state index is 12.1. The van der Waals surface area contributed by atoms with Crippen LogP contribution in [0.2, 0.25) is 10.4 Å². The molecular formula is C11H9Cl2N3O3S. The SMILES string of the molecule is COc1ccc(S(=O)(=O)Nc2cc(Cl)nc(Cl)n2)cc1. The van der Waals surface area contributed by atoms with Gasteiger partial charge in [-0.2, -0.15) is 4.98 Å². The van der Waals surface area contributed by atoms with E-state index < -0.39 is 10.0 Å². The summed E-state index contributed by atoms with van der Waals surface area (Å²) in [6, 6.07) is 7.15. The first-order valence-electron chi connectivity index (χ1n) is 5.28. The lowest BCUT2D eigenvalue weighted by Gasteiger charge is -2.08. The normalized spacial score (nSPS) is 11.2. The van der Waals surface area contributed by atoms with Crippen LogP contribution in [-0.2, 0) is 10.0 Å². The van der Waals surface area contributed by atoms with Crippen molar-refractivity contribution in [2.45, 2.75) is 4.90 Å². The minimum absolute atomic E-state index is 0.00850. The van der Waals surface area contributed by atoms with Gasteiger partial charge in [-0.1, -0.05) is 11.6 Å². The number of sulfonamides is 1. The lowest BCUT2D eigenvalue weighted by atomic mass is 10.3. The summed E-state index contributed by atoms with van der Waals surface area (Å²) in [6.45, 7) is 0. The lowest BCUT2D eigenvalue weighted by molar-refractivity contribution is 0.414. The quantitative estimate of drug-likeness (QED) is 0.687. The van der Waals surface area contributed by atoms with Gasteiger partial charge in [0.2, 0.25) is 5.28 Å². The maximum absolute atomic E-state index is 12.1. The van der Waals surface area contributed by atoms with E-state index in [-0.39, 0.29) is 21.2 Å². The Labute approximate surface area is 125 Å². The van der Waals surface area contributed by atoms with Crippen LogP contribution in [0.3, 0.4) is 0 Å². The Hall–Kier alpha value is -1.57. The van der Waals surface area contributed by atoms with Crippen LogP contribution in [0, 0.1) is 0 Å². The number of hydrogen-bond donors (Lipinski definition) is 1. The minimum Gasteiger partial charge on any atom is -0.497 e. The minimum atomic E-state index is -3.78. The van der Waals surface area contributed by atoms with Crippen molar-refractivity contribution in [2.24, 2.45) is 0 Å². The van der Waals surface area contributed by atoms with Crippen molar-refractivity contribution < 1.29 is 13.2 Å². The van der Waals surface area contributed by atoms with Crippen LogP contribution in [-0.4, -0.2) is 25.5 Å². The molecule has 0 saturated heterocycles. The van der Waals surface area contributed by atoms with Gasteiger partial charge in [-0.15, -0.1) is 0 Å². The van der Waals surface area contributed by atoms with E-state index >= 15 is 0 Å². The maximum Gasteiger partial charge on any atom is 0.263 e. The van der Waals surface area contributed by atoms with Gasteiger partial charge in [0, 0.05) is 6.07 Å². The molecule has 0 unspecified atom stereocenters. The molecule has 0 amide bonds. The number of hydrogen-bond acceptors (Lipinski definition) is 5. The molecule has 0 radical (unpaired) electrons. The van der Waals surface area contributed by atoms with Gasteiger partial charge >= 0.3 is 0 Å². The van der Waals surface area contributed by atoms with Crippen molar-refractivity contribution in [3.05, 3.63) is 40.8 Å². The standard InChI is InChI=1S/C11H9Cl2N3O3S/c1-19-7-2-4-8(5-3-7)20(17,18)16-10-6-9(12)14-11(13)15-10/h2-6H,1H3,(H,14,15,16). The molecule has 1 N–H and O–H groups in total. The van der Waals surface area contributed by atoms with Gasteiger partial charge in [0.1, 0.15) is 16.7 Å². The van der Waals surface area contributed by atoms with Gasteiger partial charge in [0.05, 0.1) is 12.0 Å². The van der Waals surface area contributed by atoms with E-state index in [2.05, 4.69) is 14.7 Å². The van der Waals surface area contributed by atoms with Crippen LogP contribution in [0.1, 0.15) is 0 Å². The number of benzene rings is 1. The Bertz CT molecular complexity index is 700. The molecule has 0 fully saturated rings. The second-order valence-corrected chi connectivity index (χ2v) is 6.03. The Balaban J connectivity index is 2.30. The first kappa shape index (κ1) is 14.8. The summed E-state index contributed by atoms with van der Waals surface area (Å²) in [5, 5.41) is -0.109. The van der Waals surface area contributed by atoms with Gasteiger partial charge < -0.3 is 4.74 Å². The summed E-state index contributed by atoms with van der Waals surface area (Å²) in [6.07, 6.45) is 0. The molecule has 0 spiro atoms. The van der Waals surface area contributed by atoms with Crippen molar-refractivity contribution in [3.63, 3.8) is 0 Å². The fourth-order valence-corrected chi connectivity index (χ4v) is 2.79. The van der Waals surface area contributed by atoms with E-state index in [4.69, 9.17) is 27.9 Å². The first-order chi connectivity index (χ1) is 9.40. The lowest BCUT2D eigenvalue weighted by Crippen LogP contribution is -2.14. The van der Waals surface area contributed by atoms with Crippen LogP contribution in [0.25, 0.3) is 0 Å². The number of ether oxygens (including phenoxy) is 1. The zero-order chi connectivity index (χ0) is 14.8. The third kappa shape index (κ3) is 3.50. The third-order valence-electron chi connectivity index (χ3n) is 2.28. The molecule has 2 rings (SSSR count). The summed E-state index contributed by atoms with van der Waals surface area (Å²) in [5.41, 5.74) is 0. The number of nitrogens with one attached hydrogen (secondary N) is 1. The fraction of sp³-hybridized carbons (Fsp3) is 0.0909. The monoisotopic (exact) mass is 333 g/mol. The highest BCUT2D eigenvalue weighted by atomic mass is 35.5. The molecule has 106 valence electrons. The van der Waals surface area contributed by atoms with E-state index in [9.17, 15) is 8.42 Å². The third-order valence-corrected chi connectivity index (χ3v) is 4.01. The zero-order valence-electron chi connectivity index (χ0n) is 10.2. The second kappa shape index (κ2) is 5.82. The summed E-state index contributed by atoms with van der Waals surface area (Å²) >= 11 is 11.3. The molecule has 0 bridgehead atoms. The van der Waals surface area contributed by atoms with Crippen molar-refractivity contribution >= 4 is 39.0 Å². The molecule has 1 aromatic carbocycles. The largest absolute Gasteiger partial charge is 0.497 e. The molecule has 0 saturated carbocycles. The zero-order valence-corrected chi connectivity index (χ0v) is 12.5. The highest BCUT2D eigenvalue weighted by Gasteiger charge is 2.15. The number of aromatic nitrogens is 2. The average molecular weight is 334 g/mol. The number of nitrogens with zero attached hydrogens (tertiary/aromatic N) is 2. The number of methoxy groups -OCH3 is 1. The molecule has 9 heteroatoms. The van der Waals surface area contributed by atoms with Gasteiger partial charge in [-0.25, -0.2) is 13.4 Å². The van der Waals surface area contributed by atoms with Crippen LogP contribution >= 0.6 is 23.2 Å². The van der Waals surface area contributed by atoms with Crippen LogP contribution < -0.4 is 9.46 Å². The molecule has 0 atom stereocenters. The Morgan fingerprint density at radius 2 is 1.80 bits per heavy atom. The van der Waals surface area contributed by atoms with Crippen molar-refractivity contribution in [1.29, 1.82) is 0 Å². The highest BCUT2D eigenvalue weighted by molar-refractivity contribution is 7.92. The molecule has 0 aliphatic heterocycles. The molecule has 1 heterocycles. The van der Waals surface area contributed by atoms with Crippen molar-refractivity contribution in [2.75, 3.05) is 11.8 Å². The Kier molecular flexibility index (Phi) is 4.32. The van der Waals surface area contributed by atoms with Gasteiger partial charge in [0.25, 0.3) is 10.0 Å². The van der Waals surface area contributed by atoms with Gasteiger partial charge in [0.15, 0.2) is 0 Å². The van der Waals surface area contributed by atoms with Crippen molar-refractivity contribution in [3.8, 4) is 5.75 Å². The molecular weight excluding hydrogens is 325 g/mol. The smallest absolute Gasteiger partial charge is 0.263 e. The molecule has 2 aromatic rings. The van der Waals surface area contributed by atoms with Crippen molar-refractivity contribution in [1.82, 2.24) is 9.97 Å². The second-order valence-electron chi connectivity index (χ2n) is 3.63. The molecule has 1 aromatic heterocycles. The summed E-state index contributed by atoms with van der Waals surface area (Å²) in [4.78, 5) is 7.42. The topological polar surface area (TPSA) is 81.2 Å². The number of rotatable bonds is 4. The van der Waals surface area contributed by atoms with Crippen LogP contribution in [0.4, 0.5) is 5.82 Å². The van der Waals surface area contributed by atoms with E-state index in [1.54, 1.807) is 0 Å². The molecule has 6 nitrogen and oxygen atoms in total. The van der Waals surface area contributed by atoms with Gasteiger partial charge in [-0.3, -0.25) is 4.72 Å². The first-order valence-corrected chi connectivity index (χ1v) is 7.51. The van der Waals surface area contributed by atoms with Crippen LogP contribution in [0.5, 0.6) is 5.75 Å². The summed E-state index contributed by atoms with van der Waals surface area (Å²) in [5.74, 6) is 0.544. The molecule has 20 heavy (non-hydrogen) atoms. The Morgan fingerprint density at radius 1 is 1.15 bits per heavy atom. The van der Waals surface area contributed by atoms with E-state index in [0.29, 0.717) is 5.75 Å². The number of halogens is 2. The molecule has 0 aliphatic rings. The van der Waals surface area contributed by atoms with E-state index in [0.717, 1.165) is 0 Å². The summed E-state index contributed by atoms with van der Waals surface area (Å²) in [7, 11) is -2.29. The number of anilines is 1. The average Bonchev–Trinajstić information content (AvgIpc) is 2.37. The molecule has 0 aliphatic carbocycles. The van der Waals surface area contributed by atoms with Crippen LogP contribution in [0.15, 0.2) is 35.2 Å². The van der Waals surface area contributed by atoms with Gasteiger partial charge in [-0.05, 0) is 35.9 Å². The van der Waals surface area contributed by atoms with E-state index in [1.165, 1.54) is 37.4 Å². The predicted octanol–water partition coefficient (Wildman–Crippen LogP) is 2.59. The fourth-order valence-electron chi connectivity index (χ4n) is 1.39. The Morgan fingerprint density at radius 3 is 2.35 bits per heavy atom. The van der Waals surface area contributed by atoms with E-state index in [1.807, 2.05) is 0 Å².